The molecule has 0 fully saturated rings. The second-order valence-electron chi connectivity index (χ2n) is 4.05. The van der Waals surface area contributed by atoms with Crippen LogP contribution in [0.1, 0.15) is 0 Å². The van der Waals surface area contributed by atoms with Crippen LogP contribution in [-0.4, -0.2) is 23.9 Å². The Labute approximate surface area is 119 Å². The number of nitrogen functional groups attached to an aromatic ring is 1. The predicted molar refractivity (Wildman–Crippen MR) is 70.3 cm³/mol. The van der Waals surface area contributed by atoms with Gasteiger partial charge in [0.05, 0.1) is 0 Å². The number of nitrogens with two attached hydrogens (primary N) is 1. The van der Waals surface area contributed by atoms with Gasteiger partial charge in [0, 0.05) is 21.7 Å². The Morgan fingerprint density at radius 2 is 2.05 bits per heavy atom. The van der Waals surface area contributed by atoms with Crippen LogP contribution in [0.3, 0.4) is 0 Å². The largest absolute Gasteiger partial charge is 0.485 e. The Kier molecular flexibility index (Phi) is 4.03. The van der Waals surface area contributed by atoms with Crippen molar-refractivity contribution in [1.82, 2.24) is 4.98 Å². The Balaban J connectivity index is 2.34. The lowest BCUT2D eigenvalue weighted by atomic mass is 10.1. The molecule has 0 unspecified atom stereocenters. The van der Waals surface area contributed by atoms with Crippen LogP contribution in [0.2, 0.25) is 0 Å². The van der Waals surface area contributed by atoms with E-state index in [-0.39, 0.29) is 11.3 Å². The molecular weight excluding hydrogens is 344 g/mol. The van der Waals surface area contributed by atoms with Gasteiger partial charge in [-0.15, -0.1) is 0 Å². The van der Waals surface area contributed by atoms with Crippen molar-refractivity contribution in [2.24, 2.45) is 0 Å². The molecule has 0 spiro atoms. The van der Waals surface area contributed by atoms with Crippen LogP contribution in [0.25, 0.3) is 10.9 Å². The fourth-order valence-electron chi connectivity index (χ4n) is 1.54. The third-order valence-corrected chi connectivity index (χ3v) is 2.99. The summed E-state index contributed by atoms with van der Waals surface area (Å²) in [6, 6.07) is 4.39. The molecule has 0 aliphatic carbocycles. The van der Waals surface area contributed by atoms with Crippen molar-refractivity contribution < 1.29 is 22.3 Å². The van der Waals surface area contributed by atoms with Gasteiger partial charge in [0.1, 0.15) is 11.3 Å². The highest BCUT2D eigenvalue weighted by Gasteiger charge is 2.41. The minimum absolute atomic E-state index is 0.0259. The van der Waals surface area contributed by atoms with Crippen LogP contribution in [-0.2, 0) is 0 Å². The van der Waals surface area contributed by atoms with E-state index in [1.807, 2.05) is 0 Å². The SMILES string of the molecule is Nc1ccc(OCC(F)(F)C(F)F)c2ncc(Br)cc12. The monoisotopic (exact) mass is 352 g/mol. The maximum atomic E-state index is 12.8. The second-order valence-corrected chi connectivity index (χ2v) is 4.97. The average Bonchev–Trinajstić information content (AvgIpc) is 2.38. The second kappa shape index (κ2) is 5.43. The summed E-state index contributed by atoms with van der Waals surface area (Å²) < 4.78 is 55.3. The maximum Gasteiger partial charge on any atom is 0.340 e. The van der Waals surface area contributed by atoms with Crippen molar-refractivity contribution in [3.8, 4) is 5.75 Å². The number of anilines is 1. The fourth-order valence-corrected chi connectivity index (χ4v) is 1.87. The molecule has 0 saturated carbocycles. The smallest absolute Gasteiger partial charge is 0.340 e. The van der Waals surface area contributed by atoms with Gasteiger partial charge in [-0.05, 0) is 34.1 Å². The van der Waals surface area contributed by atoms with Crippen LogP contribution < -0.4 is 10.5 Å². The Morgan fingerprint density at radius 3 is 2.70 bits per heavy atom. The number of nitrogens with zero attached hydrogens (tertiary/aromatic N) is 1. The molecule has 0 saturated heterocycles. The Bertz CT molecular complexity index is 636. The molecule has 108 valence electrons. The van der Waals surface area contributed by atoms with Crippen LogP contribution >= 0.6 is 15.9 Å². The molecule has 2 aromatic rings. The molecule has 20 heavy (non-hydrogen) atoms. The normalized spacial score (nSPS) is 12.1. The van der Waals surface area contributed by atoms with E-state index in [1.165, 1.54) is 18.3 Å². The van der Waals surface area contributed by atoms with Gasteiger partial charge < -0.3 is 10.5 Å². The van der Waals surface area contributed by atoms with Crippen molar-refractivity contribution in [2.75, 3.05) is 12.3 Å². The van der Waals surface area contributed by atoms with Crippen molar-refractivity contribution in [1.29, 1.82) is 0 Å². The number of fused-ring (bicyclic) bond motifs is 1. The summed E-state index contributed by atoms with van der Waals surface area (Å²) in [4.78, 5) is 4.00. The van der Waals surface area contributed by atoms with Gasteiger partial charge in [0.25, 0.3) is 0 Å². The number of ether oxygens (including phenoxy) is 1. The van der Waals surface area contributed by atoms with E-state index in [0.29, 0.717) is 15.5 Å². The number of aromatic nitrogens is 1. The van der Waals surface area contributed by atoms with E-state index in [1.54, 1.807) is 6.07 Å². The molecule has 0 aliphatic rings. The van der Waals surface area contributed by atoms with Gasteiger partial charge in [0.2, 0.25) is 0 Å². The number of benzene rings is 1. The van der Waals surface area contributed by atoms with E-state index >= 15 is 0 Å². The molecule has 0 bridgehead atoms. The van der Waals surface area contributed by atoms with Crippen LogP contribution in [0.15, 0.2) is 28.9 Å². The average molecular weight is 353 g/mol. The molecule has 2 N–H and O–H groups in total. The first-order valence-corrected chi connectivity index (χ1v) is 6.23. The zero-order chi connectivity index (χ0) is 14.9. The molecule has 0 atom stereocenters. The summed E-state index contributed by atoms with van der Waals surface area (Å²) in [6.45, 7) is -1.43. The minimum Gasteiger partial charge on any atom is -0.485 e. The first-order valence-electron chi connectivity index (χ1n) is 5.44. The van der Waals surface area contributed by atoms with Gasteiger partial charge in [-0.1, -0.05) is 0 Å². The van der Waals surface area contributed by atoms with Crippen molar-refractivity contribution in [2.45, 2.75) is 12.3 Å². The molecule has 0 aliphatic heterocycles. The summed E-state index contributed by atoms with van der Waals surface area (Å²) in [5, 5.41) is 0.484. The van der Waals surface area contributed by atoms with Gasteiger partial charge in [-0.25, -0.2) is 8.78 Å². The zero-order valence-electron chi connectivity index (χ0n) is 9.92. The topological polar surface area (TPSA) is 48.1 Å². The molecule has 2 rings (SSSR count). The molecule has 0 amide bonds. The van der Waals surface area contributed by atoms with Gasteiger partial charge in [-0.2, -0.15) is 8.78 Å². The number of alkyl halides is 4. The molecule has 1 aromatic carbocycles. The first-order chi connectivity index (χ1) is 9.31. The van der Waals surface area contributed by atoms with Crippen LogP contribution in [0.5, 0.6) is 5.75 Å². The van der Waals surface area contributed by atoms with Crippen LogP contribution in [0, 0.1) is 0 Å². The van der Waals surface area contributed by atoms with Gasteiger partial charge >= 0.3 is 12.3 Å². The summed E-state index contributed by atoms with van der Waals surface area (Å²) in [6.07, 6.45) is -2.36. The van der Waals surface area contributed by atoms with E-state index in [2.05, 4.69) is 20.9 Å². The number of hydrogen-bond donors (Lipinski definition) is 1. The highest BCUT2D eigenvalue weighted by Crippen LogP contribution is 2.32. The molecule has 3 nitrogen and oxygen atoms in total. The van der Waals surface area contributed by atoms with Crippen molar-refractivity contribution >= 4 is 32.5 Å². The minimum atomic E-state index is -4.22. The highest BCUT2D eigenvalue weighted by atomic mass is 79.9. The lowest BCUT2D eigenvalue weighted by Gasteiger charge is -2.17. The fraction of sp³-hybridized carbons (Fsp3) is 0.250. The third kappa shape index (κ3) is 2.95. The van der Waals surface area contributed by atoms with E-state index in [0.717, 1.165) is 0 Å². The standard InChI is InChI=1S/C12H9BrF4N2O/c13-6-3-7-8(18)1-2-9(10(7)19-4-6)20-5-12(16,17)11(14)15/h1-4,11H,5,18H2. The maximum absolute atomic E-state index is 12.8. The molecule has 8 heteroatoms. The molecule has 1 heterocycles. The van der Waals surface area contributed by atoms with E-state index in [9.17, 15) is 17.6 Å². The summed E-state index contributed by atoms with van der Waals surface area (Å²) in [5.74, 6) is -4.25. The third-order valence-electron chi connectivity index (χ3n) is 2.55. The summed E-state index contributed by atoms with van der Waals surface area (Å²) in [7, 11) is 0. The lowest BCUT2D eigenvalue weighted by molar-refractivity contribution is -0.148. The van der Waals surface area contributed by atoms with Gasteiger partial charge in [0.15, 0.2) is 6.61 Å². The van der Waals surface area contributed by atoms with E-state index in [4.69, 9.17) is 10.5 Å². The Hall–Kier alpha value is -1.57. The molecule has 0 radical (unpaired) electrons. The first kappa shape index (κ1) is 14.8. The van der Waals surface area contributed by atoms with Crippen LogP contribution in [0.4, 0.5) is 23.2 Å². The van der Waals surface area contributed by atoms with Gasteiger partial charge in [-0.3, -0.25) is 4.98 Å². The summed E-state index contributed by atoms with van der Waals surface area (Å²) in [5.41, 5.74) is 6.35. The number of rotatable bonds is 4. The lowest BCUT2D eigenvalue weighted by Crippen LogP contribution is -2.33. The Morgan fingerprint density at radius 1 is 1.35 bits per heavy atom. The molecule has 1 aromatic heterocycles. The number of hydrogen-bond acceptors (Lipinski definition) is 3. The molecular formula is C12H9BrF4N2O. The van der Waals surface area contributed by atoms with E-state index < -0.39 is 19.0 Å². The van der Waals surface area contributed by atoms with Crippen molar-refractivity contribution in [3.63, 3.8) is 0 Å². The predicted octanol–water partition coefficient (Wildman–Crippen LogP) is 3.86. The van der Waals surface area contributed by atoms with Crippen molar-refractivity contribution in [3.05, 3.63) is 28.9 Å². The summed E-state index contributed by atoms with van der Waals surface area (Å²) >= 11 is 3.20. The number of halogens is 5. The number of pyridine rings is 1. The quantitative estimate of drug-likeness (QED) is 0.671. The highest BCUT2D eigenvalue weighted by molar-refractivity contribution is 9.10. The zero-order valence-corrected chi connectivity index (χ0v) is 11.5.